The van der Waals surface area contributed by atoms with Gasteiger partial charge in [0.25, 0.3) is 0 Å². The second kappa shape index (κ2) is 4.66. The van der Waals surface area contributed by atoms with Crippen molar-refractivity contribution in [2.45, 2.75) is 0 Å². The van der Waals surface area contributed by atoms with E-state index in [-0.39, 0.29) is 22.4 Å². The normalized spacial score (nSPS) is 10.3. The maximum Gasteiger partial charge on any atom is 0.336 e. The quantitative estimate of drug-likeness (QED) is 0.874. The van der Waals surface area contributed by atoms with Crippen molar-refractivity contribution in [2.24, 2.45) is 0 Å². The summed E-state index contributed by atoms with van der Waals surface area (Å²) in [6, 6.07) is 7.54. The Labute approximate surface area is 107 Å². The van der Waals surface area contributed by atoms with Crippen molar-refractivity contribution in [3.05, 3.63) is 52.8 Å². The van der Waals surface area contributed by atoms with Crippen LogP contribution < -0.4 is 0 Å². The summed E-state index contributed by atoms with van der Waals surface area (Å²) >= 11 is 5.80. The number of rotatable bonds is 2. The standard InChI is InChI=1S/C13H8ClFO3/c14-8-1-2-11(13(17)18)12(5-8)7-3-9(15)6-10(16)4-7/h1-6,16H,(H,17,18). The van der Waals surface area contributed by atoms with Crippen molar-refractivity contribution in [3.8, 4) is 16.9 Å². The number of carbonyl (C=O) groups is 1. The Morgan fingerprint density at radius 1 is 1.17 bits per heavy atom. The van der Waals surface area contributed by atoms with Crippen LogP contribution >= 0.6 is 11.6 Å². The molecule has 0 fully saturated rings. The van der Waals surface area contributed by atoms with E-state index in [0.29, 0.717) is 5.02 Å². The number of carboxylic acids is 1. The molecule has 92 valence electrons. The molecule has 2 aromatic rings. The van der Waals surface area contributed by atoms with E-state index in [4.69, 9.17) is 16.7 Å². The molecular formula is C13H8ClFO3. The first kappa shape index (κ1) is 12.4. The van der Waals surface area contributed by atoms with Gasteiger partial charge in [0.2, 0.25) is 0 Å². The highest BCUT2D eigenvalue weighted by Crippen LogP contribution is 2.30. The Kier molecular flexibility index (Phi) is 3.21. The number of benzene rings is 2. The molecule has 0 atom stereocenters. The molecule has 0 aliphatic heterocycles. The molecule has 5 heteroatoms. The third kappa shape index (κ3) is 2.43. The minimum absolute atomic E-state index is 0.00981. The Balaban J connectivity index is 2.68. The molecule has 0 saturated heterocycles. The van der Waals surface area contributed by atoms with Crippen LogP contribution in [0.2, 0.25) is 5.02 Å². The number of aromatic carboxylic acids is 1. The zero-order chi connectivity index (χ0) is 13.3. The second-order valence-corrected chi connectivity index (χ2v) is 4.13. The average Bonchev–Trinajstić information content (AvgIpc) is 2.27. The first-order chi connectivity index (χ1) is 8.47. The Bertz CT molecular complexity index is 605. The van der Waals surface area contributed by atoms with E-state index in [0.717, 1.165) is 12.1 Å². The van der Waals surface area contributed by atoms with Crippen molar-refractivity contribution in [3.63, 3.8) is 0 Å². The van der Waals surface area contributed by atoms with Gasteiger partial charge in [-0.1, -0.05) is 11.6 Å². The van der Waals surface area contributed by atoms with E-state index < -0.39 is 11.8 Å². The molecule has 0 aromatic heterocycles. The van der Waals surface area contributed by atoms with Crippen LogP contribution in [0.3, 0.4) is 0 Å². The minimum Gasteiger partial charge on any atom is -0.508 e. The summed E-state index contributed by atoms with van der Waals surface area (Å²) in [7, 11) is 0. The Morgan fingerprint density at radius 2 is 1.89 bits per heavy atom. The SMILES string of the molecule is O=C(O)c1ccc(Cl)cc1-c1cc(O)cc(F)c1. The lowest BCUT2D eigenvalue weighted by molar-refractivity contribution is 0.0697. The molecule has 0 amide bonds. The topological polar surface area (TPSA) is 57.5 Å². The van der Waals surface area contributed by atoms with Crippen molar-refractivity contribution in [1.82, 2.24) is 0 Å². The molecule has 0 spiro atoms. The maximum absolute atomic E-state index is 13.2. The summed E-state index contributed by atoms with van der Waals surface area (Å²) in [5, 5.41) is 18.7. The van der Waals surface area contributed by atoms with Crippen LogP contribution in [-0.2, 0) is 0 Å². The van der Waals surface area contributed by atoms with Crippen LogP contribution in [0.4, 0.5) is 4.39 Å². The number of phenols is 1. The van der Waals surface area contributed by atoms with E-state index >= 15 is 0 Å². The molecule has 0 heterocycles. The number of hydrogen-bond acceptors (Lipinski definition) is 2. The molecule has 2 rings (SSSR count). The van der Waals surface area contributed by atoms with E-state index in [1.54, 1.807) is 0 Å². The lowest BCUT2D eigenvalue weighted by Crippen LogP contribution is -1.99. The number of halogens is 2. The van der Waals surface area contributed by atoms with Gasteiger partial charge in [-0.2, -0.15) is 0 Å². The van der Waals surface area contributed by atoms with Crippen LogP contribution in [0.15, 0.2) is 36.4 Å². The van der Waals surface area contributed by atoms with Crippen LogP contribution in [0.5, 0.6) is 5.75 Å². The highest BCUT2D eigenvalue weighted by atomic mass is 35.5. The van der Waals surface area contributed by atoms with E-state index in [2.05, 4.69) is 0 Å². The van der Waals surface area contributed by atoms with Crippen molar-refractivity contribution >= 4 is 17.6 Å². The van der Waals surface area contributed by atoms with Gasteiger partial charge in [-0.05, 0) is 41.5 Å². The fourth-order valence-corrected chi connectivity index (χ4v) is 1.84. The zero-order valence-corrected chi connectivity index (χ0v) is 9.78. The predicted octanol–water partition coefficient (Wildman–Crippen LogP) is 3.55. The Morgan fingerprint density at radius 3 is 2.50 bits per heavy atom. The van der Waals surface area contributed by atoms with Gasteiger partial charge in [-0.25, -0.2) is 9.18 Å². The van der Waals surface area contributed by atoms with Gasteiger partial charge in [-0.3, -0.25) is 0 Å². The summed E-state index contributed by atoms with van der Waals surface area (Å²) in [5.41, 5.74) is 0.501. The third-order valence-corrected chi connectivity index (χ3v) is 2.64. The average molecular weight is 267 g/mol. The summed E-state index contributed by atoms with van der Waals surface area (Å²) in [6.45, 7) is 0. The van der Waals surface area contributed by atoms with E-state index in [9.17, 15) is 14.3 Å². The smallest absolute Gasteiger partial charge is 0.336 e. The number of hydrogen-bond donors (Lipinski definition) is 2. The van der Waals surface area contributed by atoms with Crippen LogP contribution in [-0.4, -0.2) is 16.2 Å². The van der Waals surface area contributed by atoms with Crippen LogP contribution in [0, 0.1) is 5.82 Å². The van der Waals surface area contributed by atoms with E-state index in [1.807, 2.05) is 0 Å². The number of carboxylic acid groups (broad SMARTS) is 1. The summed E-state index contributed by atoms with van der Waals surface area (Å²) in [5.74, 6) is -2.08. The van der Waals surface area contributed by atoms with Crippen molar-refractivity contribution in [1.29, 1.82) is 0 Å². The fraction of sp³-hybridized carbons (Fsp3) is 0. The van der Waals surface area contributed by atoms with Gasteiger partial charge < -0.3 is 10.2 Å². The highest BCUT2D eigenvalue weighted by Gasteiger charge is 2.13. The highest BCUT2D eigenvalue weighted by molar-refractivity contribution is 6.31. The van der Waals surface area contributed by atoms with Crippen LogP contribution in [0.1, 0.15) is 10.4 Å². The van der Waals surface area contributed by atoms with Gasteiger partial charge in [0, 0.05) is 11.1 Å². The number of phenolic OH excluding ortho intramolecular Hbond substituents is 1. The van der Waals surface area contributed by atoms with Gasteiger partial charge in [0.15, 0.2) is 0 Å². The molecule has 0 aliphatic carbocycles. The van der Waals surface area contributed by atoms with Gasteiger partial charge in [-0.15, -0.1) is 0 Å². The van der Waals surface area contributed by atoms with Crippen molar-refractivity contribution < 1.29 is 19.4 Å². The Hall–Kier alpha value is -2.07. The third-order valence-electron chi connectivity index (χ3n) is 2.41. The van der Waals surface area contributed by atoms with Crippen LogP contribution in [0.25, 0.3) is 11.1 Å². The van der Waals surface area contributed by atoms with Gasteiger partial charge >= 0.3 is 5.97 Å². The van der Waals surface area contributed by atoms with Gasteiger partial charge in [0.1, 0.15) is 11.6 Å². The molecule has 2 aromatic carbocycles. The molecule has 0 aliphatic rings. The molecule has 2 N–H and O–H groups in total. The molecule has 0 bridgehead atoms. The summed E-state index contributed by atoms with van der Waals surface area (Å²) in [6.07, 6.45) is 0. The molecular weight excluding hydrogens is 259 g/mol. The lowest BCUT2D eigenvalue weighted by atomic mass is 9.99. The molecule has 3 nitrogen and oxygen atoms in total. The minimum atomic E-state index is -1.15. The zero-order valence-electron chi connectivity index (χ0n) is 9.02. The first-order valence-corrected chi connectivity index (χ1v) is 5.38. The monoisotopic (exact) mass is 266 g/mol. The van der Waals surface area contributed by atoms with Gasteiger partial charge in [0.05, 0.1) is 5.56 Å². The molecule has 0 unspecified atom stereocenters. The maximum atomic E-state index is 13.2. The summed E-state index contributed by atoms with van der Waals surface area (Å²) < 4.78 is 13.2. The predicted molar refractivity (Wildman–Crippen MR) is 65.5 cm³/mol. The largest absolute Gasteiger partial charge is 0.508 e. The molecule has 18 heavy (non-hydrogen) atoms. The van der Waals surface area contributed by atoms with E-state index in [1.165, 1.54) is 24.3 Å². The lowest BCUT2D eigenvalue weighted by Gasteiger charge is -2.08. The first-order valence-electron chi connectivity index (χ1n) is 5.00. The van der Waals surface area contributed by atoms with Crippen molar-refractivity contribution in [2.75, 3.05) is 0 Å². The fourth-order valence-electron chi connectivity index (χ4n) is 1.67. The summed E-state index contributed by atoms with van der Waals surface area (Å²) in [4.78, 5) is 11.1. The molecule has 0 saturated carbocycles. The number of aromatic hydroxyl groups is 1. The second-order valence-electron chi connectivity index (χ2n) is 3.69. The molecule has 0 radical (unpaired) electrons.